The lowest BCUT2D eigenvalue weighted by atomic mass is 9.89. The van der Waals surface area contributed by atoms with Gasteiger partial charge in [0.15, 0.2) is 0 Å². The van der Waals surface area contributed by atoms with Crippen LogP contribution in [-0.2, 0) is 6.18 Å². The van der Waals surface area contributed by atoms with Crippen molar-refractivity contribution in [2.24, 2.45) is 0 Å². The fourth-order valence-electron chi connectivity index (χ4n) is 2.82. The molecular weight excluding hydrogens is 263 g/mol. The van der Waals surface area contributed by atoms with Crippen LogP contribution in [0.3, 0.4) is 0 Å². The van der Waals surface area contributed by atoms with Gasteiger partial charge in [-0.05, 0) is 62.5 Å². The van der Waals surface area contributed by atoms with E-state index in [9.17, 15) is 13.2 Å². The summed E-state index contributed by atoms with van der Waals surface area (Å²) in [5.41, 5.74) is 0.495. The average molecular weight is 285 g/mol. The maximum Gasteiger partial charge on any atom is 0.416 e. The Labute approximate surface area is 118 Å². The Morgan fingerprint density at radius 2 is 1.70 bits per heavy atom. The molecule has 0 saturated carbocycles. The molecule has 1 aromatic rings. The predicted octanol–water partition coefficient (Wildman–Crippen LogP) is 4.68. The summed E-state index contributed by atoms with van der Waals surface area (Å²) in [4.78, 5) is 2.46. The van der Waals surface area contributed by atoms with Gasteiger partial charge in [-0.2, -0.15) is 13.2 Å². The first-order chi connectivity index (χ1) is 9.50. The minimum absolute atomic E-state index is 0.412. The number of hydrogen-bond acceptors (Lipinski definition) is 1. The summed E-state index contributed by atoms with van der Waals surface area (Å²) in [6.07, 6.45) is 0.302. The standard InChI is InChI=1S/C16H22F3N/c1-2-3-10-20-11-8-14(9-12-20)13-4-6-15(7-5-13)16(17,18)19/h4-7,14H,2-3,8-12H2,1H3. The fourth-order valence-corrected chi connectivity index (χ4v) is 2.82. The van der Waals surface area contributed by atoms with Crippen LogP contribution >= 0.6 is 0 Å². The molecule has 2 rings (SSSR count). The van der Waals surface area contributed by atoms with Gasteiger partial charge in [-0.3, -0.25) is 0 Å². The second-order valence-electron chi connectivity index (χ2n) is 5.59. The molecule has 0 aliphatic carbocycles. The summed E-state index contributed by atoms with van der Waals surface area (Å²) in [5.74, 6) is 0.412. The molecule has 0 spiro atoms. The van der Waals surface area contributed by atoms with Crippen LogP contribution in [0.25, 0.3) is 0 Å². The zero-order valence-electron chi connectivity index (χ0n) is 11.9. The number of rotatable bonds is 4. The van der Waals surface area contributed by atoms with Crippen molar-refractivity contribution in [2.75, 3.05) is 19.6 Å². The Morgan fingerprint density at radius 3 is 2.20 bits per heavy atom. The molecule has 1 fully saturated rings. The number of likely N-dealkylation sites (tertiary alicyclic amines) is 1. The molecule has 0 bridgehead atoms. The van der Waals surface area contributed by atoms with Gasteiger partial charge >= 0.3 is 6.18 Å². The van der Waals surface area contributed by atoms with E-state index in [1.807, 2.05) is 0 Å². The third-order valence-corrected chi connectivity index (χ3v) is 4.12. The van der Waals surface area contributed by atoms with Gasteiger partial charge in [0.05, 0.1) is 5.56 Å². The molecule has 1 aliphatic heterocycles. The molecule has 1 heterocycles. The number of benzene rings is 1. The second kappa shape index (κ2) is 6.61. The Kier molecular flexibility index (Phi) is 5.08. The predicted molar refractivity (Wildman–Crippen MR) is 74.8 cm³/mol. The lowest BCUT2D eigenvalue weighted by molar-refractivity contribution is -0.137. The average Bonchev–Trinajstić information content (AvgIpc) is 2.45. The van der Waals surface area contributed by atoms with Crippen LogP contribution in [0.15, 0.2) is 24.3 Å². The topological polar surface area (TPSA) is 3.24 Å². The highest BCUT2D eigenvalue weighted by atomic mass is 19.4. The van der Waals surface area contributed by atoms with Gasteiger partial charge in [-0.1, -0.05) is 25.5 Å². The first-order valence-electron chi connectivity index (χ1n) is 7.40. The molecule has 1 aromatic carbocycles. The lowest BCUT2D eigenvalue weighted by Gasteiger charge is -2.32. The molecule has 0 unspecified atom stereocenters. The fraction of sp³-hybridized carbons (Fsp3) is 0.625. The van der Waals surface area contributed by atoms with Gasteiger partial charge in [-0.15, -0.1) is 0 Å². The molecule has 1 saturated heterocycles. The highest BCUT2D eigenvalue weighted by Crippen LogP contribution is 2.32. The van der Waals surface area contributed by atoms with Crippen molar-refractivity contribution in [1.82, 2.24) is 4.90 Å². The number of unbranched alkanes of at least 4 members (excludes halogenated alkanes) is 1. The molecule has 0 amide bonds. The molecule has 0 radical (unpaired) electrons. The van der Waals surface area contributed by atoms with E-state index in [0.717, 1.165) is 38.0 Å². The highest BCUT2D eigenvalue weighted by molar-refractivity contribution is 5.27. The van der Waals surface area contributed by atoms with Crippen LogP contribution in [0.2, 0.25) is 0 Å². The molecule has 4 heteroatoms. The number of piperidine rings is 1. The van der Waals surface area contributed by atoms with Gasteiger partial charge in [0.25, 0.3) is 0 Å². The number of halogens is 3. The molecule has 0 atom stereocenters. The molecule has 1 aliphatic rings. The van der Waals surface area contributed by atoms with E-state index in [-0.39, 0.29) is 0 Å². The van der Waals surface area contributed by atoms with Crippen molar-refractivity contribution < 1.29 is 13.2 Å². The minimum Gasteiger partial charge on any atom is -0.303 e. The SMILES string of the molecule is CCCCN1CCC(c2ccc(C(F)(F)F)cc2)CC1. The zero-order chi connectivity index (χ0) is 14.6. The second-order valence-corrected chi connectivity index (χ2v) is 5.59. The summed E-state index contributed by atoms with van der Waals surface area (Å²) in [5, 5.41) is 0. The Morgan fingerprint density at radius 1 is 1.10 bits per heavy atom. The first-order valence-corrected chi connectivity index (χ1v) is 7.40. The number of hydrogen-bond donors (Lipinski definition) is 0. The molecule has 20 heavy (non-hydrogen) atoms. The van der Waals surface area contributed by atoms with E-state index in [0.29, 0.717) is 5.92 Å². The summed E-state index contributed by atoms with van der Waals surface area (Å²) in [7, 11) is 0. The lowest BCUT2D eigenvalue weighted by Crippen LogP contribution is -2.33. The number of alkyl halides is 3. The van der Waals surface area contributed by atoms with Gasteiger partial charge in [0.1, 0.15) is 0 Å². The molecule has 0 aromatic heterocycles. The summed E-state index contributed by atoms with van der Waals surface area (Å²) in [6, 6.07) is 5.71. The Bertz CT molecular complexity index is 403. The summed E-state index contributed by atoms with van der Waals surface area (Å²) < 4.78 is 37.6. The van der Waals surface area contributed by atoms with Crippen molar-refractivity contribution in [1.29, 1.82) is 0 Å². The van der Waals surface area contributed by atoms with Crippen LogP contribution in [0.5, 0.6) is 0 Å². The van der Waals surface area contributed by atoms with Crippen LogP contribution in [-0.4, -0.2) is 24.5 Å². The zero-order valence-corrected chi connectivity index (χ0v) is 11.9. The maximum absolute atomic E-state index is 12.5. The third-order valence-electron chi connectivity index (χ3n) is 4.12. The molecule has 112 valence electrons. The van der Waals surface area contributed by atoms with Crippen molar-refractivity contribution >= 4 is 0 Å². The van der Waals surface area contributed by atoms with Crippen molar-refractivity contribution in [3.05, 3.63) is 35.4 Å². The van der Waals surface area contributed by atoms with E-state index in [2.05, 4.69) is 11.8 Å². The van der Waals surface area contributed by atoms with Crippen molar-refractivity contribution in [2.45, 2.75) is 44.7 Å². The van der Waals surface area contributed by atoms with E-state index >= 15 is 0 Å². The van der Waals surface area contributed by atoms with E-state index in [4.69, 9.17) is 0 Å². The van der Waals surface area contributed by atoms with Gasteiger partial charge in [0.2, 0.25) is 0 Å². The molecule has 1 nitrogen and oxygen atoms in total. The van der Waals surface area contributed by atoms with E-state index in [1.54, 1.807) is 12.1 Å². The number of nitrogens with zero attached hydrogens (tertiary/aromatic N) is 1. The van der Waals surface area contributed by atoms with Crippen LogP contribution in [0.4, 0.5) is 13.2 Å². The van der Waals surface area contributed by atoms with E-state index < -0.39 is 11.7 Å². The van der Waals surface area contributed by atoms with Crippen LogP contribution in [0, 0.1) is 0 Å². The maximum atomic E-state index is 12.5. The van der Waals surface area contributed by atoms with Crippen LogP contribution < -0.4 is 0 Å². The largest absolute Gasteiger partial charge is 0.416 e. The summed E-state index contributed by atoms with van der Waals surface area (Å²) >= 11 is 0. The quantitative estimate of drug-likeness (QED) is 0.776. The molecular formula is C16H22F3N. The Hall–Kier alpha value is -1.03. The third kappa shape index (κ3) is 3.98. The van der Waals surface area contributed by atoms with Crippen molar-refractivity contribution in [3.8, 4) is 0 Å². The normalized spacial score (nSPS) is 18.4. The van der Waals surface area contributed by atoms with Crippen molar-refractivity contribution in [3.63, 3.8) is 0 Å². The Balaban J connectivity index is 1.90. The smallest absolute Gasteiger partial charge is 0.303 e. The van der Waals surface area contributed by atoms with Crippen LogP contribution in [0.1, 0.15) is 49.7 Å². The highest BCUT2D eigenvalue weighted by Gasteiger charge is 2.30. The first kappa shape index (κ1) is 15.4. The van der Waals surface area contributed by atoms with Gasteiger partial charge in [-0.25, -0.2) is 0 Å². The monoisotopic (exact) mass is 285 g/mol. The van der Waals surface area contributed by atoms with E-state index in [1.165, 1.54) is 25.0 Å². The van der Waals surface area contributed by atoms with Gasteiger partial charge in [0, 0.05) is 0 Å². The molecule has 0 N–H and O–H groups in total. The summed E-state index contributed by atoms with van der Waals surface area (Å²) in [6.45, 7) is 5.46. The minimum atomic E-state index is -4.23. The van der Waals surface area contributed by atoms with Gasteiger partial charge < -0.3 is 4.90 Å².